The number of hydrogen-bond donors (Lipinski definition) is 1. The molecular formula is C23H38F2N6O2S. The summed E-state index contributed by atoms with van der Waals surface area (Å²) in [5.74, 6) is -2.17. The second kappa shape index (κ2) is 10.2. The molecule has 3 fully saturated rings. The van der Waals surface area contributed by atoms with Crippen LogP contribution in [0.25, 0.3) is 0 Å². The van der Waals surface area contributed by atoms with Gasteiger partial charge in [-0.1, -0.05) is 6.92 Å². The van der Waals surface area contributed by atoms with Gasteiger partial charge in [0, 0.05) is 74.7 Å². The molecule has 2 amide bonds. The Balaban J connectivity index is 1.38. The van der Waals surface area contributed by atoms with E-state index in [2.05, 4.69) is 45.2 Å². The third kappa shape index (κ3) is 5.31. The zero-order chi connectivity index (χ0) is 24.5. The van der Waals surface area contributed by atoms with Crippen molar-refractivity contribution in [2.45, 2.75) is 82.3 Å². The summed E-state index contributed by atoms with van der Waals surface area (Å²) in [6.07, 6.45) is 2.37. The molecule has 3 heterocycles. The van der Waals surface area contributed by atoms with Crippen molar-refractivity contribution in [3.05, 3.63) is 5.82 Å². The van der Waals surface area contributed by atoms with Crippen LogP contribution in [0.3, 0.4) is 0 Å². The molecule has 2 saturated heterocycles. The van der Waals surface area contributed by atoms with Crippen molar-refractivity contribution in [3.63, 3.8) is 0 Å². The fourth-order valence-electron chi connectivity index (χ4n) is 5.52. The molecule has 1 aromatic rings. The Labute approximate surface area is 205 Å². The van der Waals surface area contributed by atoms with E-state index < -0.39 is 12.0 Å². The van der Waals surface area contributed by atoms with Crippen molar-refractivity contribution in [1.82, 2.24) is 29.4 Å². The van der Waals surface area contributed by atoms with Crippen molar-refractivity contribution < 1.29 is 18.3 Å². The van der Waals surface area contributed by atoms with Gasteiger partial charge in [-0.2, -0.15) is 9.36 Å². The quantitative estimate of drug-likeness (QED) is 0.670. The molecule has 2 aliphatic heterocycles. The molecule has 34 heavy (non-hydrogen) atoms. The number of urea groups is 1. The molecule has 192 valence electrons. The highest BCUT2D eigenvalue weighted by Crippen LogP contribution is 2.38. The molecule has 0 bridgehead atoms. The number of nitrogens with zero attached hydrogens (tertiary/aromatic N) is 5. The zero-order valence-corrected chi connectivity index (χ0v) is 21.5. The summed E-state index contributed by atoms with van der Waals surface area (Å²) in [4.78, 5) is 23.8. The monoisotopic (exact) mass is 500 g/mol. The van der Waals surface area contributed by atoms with Crippen molar-refractivity contribution in [2.75, 3.05) is 46.4 Å². The second-order valence-corrected chi connectivity index (χ2v) is 11.2. The molecule has 1 aliphatic carbocycles. The number of ether oxygens (including phenoxy) is 1. The summed E-state index contributed by atoms with van der Waals surface area (Å²) in [5, 5.41) is 3.30. The van der Waals surface area contributed by atoms with Crippen molar-refractivity contribution in [1.29, 1.82) is 0 Å². The maximum atomic E-state index is 15.1. The Bertz CT molecular complexity index is 837. The van der Waals surface area contributed by atoms with E-state index in [4.69, 9.17) is 4.74 Å². The van der Waals surface area contributed by atoms with Crippen LogP contribution >= 0.6 is 11.5 Å². The molecule has 4 rings (SSSR count). The number of aromatic nitrogens is 2. The normalized spacial score (nSPS) is 28.1. The molecule has 0 spiro atoms. The van der Waals surface area contributed by atoms with Gasteiger partial charge in [0.05, 0.1) is 7.11 Å². The first-order valence-corrected chi connectivity index (χ1v) is 13.2. The molecular weight excluding hydrogens is 462 g/mol. The third-order valence-electron chi connectivity index (χ3n) is 7.95. The number of methoxy groups -OCH3 is 1. The second-order valence-electron chi connectivity index (χ2n) is 10.4. The molecule has 8 nitrogen and oxygen atoms in total. The van der Waals surface area contributed by atoms with Crippen LogP contribution in [0, 0.1) is 0 Å². The van der Waals surface area contributed by atoms with Crippen LogP contribution in [-0.2, 0) is 5.41 Å². The number of likely N-dealkylation sites (tertiary alicyclic amines) is 1. The minimum absolute atomic E-state index is 0.171. The lowest BCUT2D eigenvalue weighted by Crippen LogP contribution is -2.66. The largest absolute Gasteiger partial charge is 0.472 e. The minimum Gasteiger partial charge on any atom is -0.472 e. The third-order valence-corrected chi connectivity index (χ3v) is 8.63. The number of piperidine rings is 1. The number of hydrogen-bond acceptors (Lipinski definition) is 7. The average Bonchev–Trinajstić information content (AvgIpc) is 3.31. The molecule has 2 atom stereocenters. The summed E-state index contributed by atoms with van der Waals surface area (Å²) >= 11 is 1.22. The highest BCUT2D eigenvalue weighted by molar-refractivity contribution is 7.07. The number of halogens is 2. The van der Waals surface area contributed by atoms with Gasteiger partial charge < -0.3 is 15.0 Å². The molecule has 0 aromatic carbocycles. The lowest BCUT2D eigenvalue weighted by atomic mass is 9.79. The van der Waals surface area contributed by atoms with E-state index in [1.165, 1.54) is 11.5 Å². The van der Waals surface area contributed by atoms with Gasteiger partial charge in [-0.05, 0) is 39.5 Å². The van der Waals surface area contributed by atoms with Crippen molar-refractivity contribution >= 4 is 17.6 Å². The summed E-state index contributed by atoms with van der Waals surface area (Å²) in [6.45, 7) is 10.7. The van der Waals surface area contributed by atoms with Gasteiger partial charge in [0.1, 0.15) is 6.04 Å². The Hall–Kier alpha value is -1.59. The van der Waals surface area contributed by atoms with Gasteiger partial charge in [0.15, 0.2) is 5.82 Å². The van der Waals surface area contributed by atoms with Crippen molar-refractivity contribution in [3.8, 4) is 5.19 Å². The first kappa shape index (κ1) is 25.5. The Morgan fingerprint density at radius 1 is 1.15 bits per heavy atom. The Kier molecular flexibility index (Phi) is 7.64. The van der Waals surface area contributed by atoms with Gasteiger partial charge in [-0.3, -0.25) is 9.80 Å². The predicted molar refractivity (Wildman–Crippen MR) is 128 cm³/mol. The molecule has 0 radical (unpaired) electrons. The molecule has 2 unspecified atom stereocenters. The highest BCUT2D eigenvalue weighted by atomic mass is 32.1. The van der Waals surface area contributed by atoms with Gasteiger partial charge in [0.25, 0.3) is 11.1 Å². The SMILES string of the molecule is COc1nc(C2(C)CCN(C(=O)NC3C(N4CCN(C(C)C)CC4)CCCC3(F)F)CC2)ns1. The molecule has 3 aliphatic rings. The fraction of sp³-hybridized carbons (Fsp3) is 0.870. The van der Waals surface area contributed by atoms with E-state index in [0.717, 1.165) is 32.0 Å². The Morgan fingerprint density at radius 2 is 1.82 bits per heavy atom. The van der Waals surface area contributed by atoms with E-state index in [1.807, 2.05) is 0 Å². The van der Waals surface area contributed by atoms with Crippen LogP contribution in [0.5, 0.6) is 5.19 Å². The number of carbonyl (C=O) groups excluding carboxylic acids is 1. The van der Waals surface area contributed by atoms with Crippen LogP contribution in [0.1, 0.15) is 58.7 Å². The van der Waals surface area contributed by atoms with Crippen LogP contribution in [0.2, 0.25) is 0 Å². The van der Waals surface area contributed by atoms with Crippen LogP contribution < -0.4 is 10.1 Å². The Morgan fingerprint density at radius 3 is 2.41 bits per heavy atom. The predicted octanol–water partition coefficient (Wildman–Crippen LogP) is 3.19. The first-order chi connectivity index (χ1) is 16.1. The van der Waals surface area contributed by atoms with E-state index in [0.29, 0.717) is 50.0 Å². The topological polar surface area (TPSA) is 73.8 Å². The van der Waals surface area contributed by atoms with Crippen LogP contribution in [0.4, 0.5) is 13.6 Å². The number of rotatable bonds is 5. The van der Waals surface area contributed by atoms with E-state index in [9.17, 15) is 4.79 Å². The van der Waals surface area contributed by atoms with Gasteiger partial charge in [-0.15, -0.1) is 0 Å². The smallest absolute Gasteiger partial charge is 0.317 e. The number of piperazine rings is 1. The lowest BCUT2D eigenvalue weighted by molar-refractivity contribution is -0.0973. The number of alkyl halides is 2. The molecule has 1 N–H and O–H groups in total. The van der Waals surface area contributed by atoms with Gasteiger partial charge in [-0.25, -0.2) is 13.6 Å². The molecule has 1 saturated carbocycles. The van der Waals surface area contributed by atoms with Gasteiger partial charge >= 0.3 is 6.03 Å². The fourth-order valence-corrected chi connectivity index (χ4v) is 6.15. The van der Waals surface area contributed by atoms with Crippen LogP contribution in [0.15, 0.2) is 0 Å². The zero-order valence-electron chi connectivity index (χ0n) is 20.7. The maximum Gasteiger partial charge on any atom is 0.317 e. The molecule has 1 aromatic heterocycles. The molecule has 11 heteroatoms. The van der Waals surface area contributed by atoms with E-state index in [1.54, 1.807) is 12.0 Å². The van der Waals surface area contributed by atoms with Crippen molar-refractivity contribution in [2.24, 2.45) is 0 Å². The summed E-state index contributed by atoms with van der Waals surface area (Å²) in [7, 11) is 1.57. The van der Waals surface area contributed by atoms with Crippen LogP contribution in [-0.4, -0.2) is 101 Å². The number of carbonyl (C=O) groups is 1. The number of amides is 2. The number of nitrogens with one attached hydrogen (secondary N) is 1. The maximum absolute atomic E-state index is 15.1. The highest BCUT2D eigenvalue weighted by Gasteiger charge is 2.50. The first-order valence-electron chi connectivity index (χ1n) is 12.4. The summed E-state index contributed by atoms with van der Waals surface area (Å²) in [5.41, 5.74) is -0.253. The average molecular weight is 501 g/mol. The lowest BCUT2D eigenvalue weighted by Gasteiger charge is -2.48. The minimum atomic E-state index is -2.90. The summed E-state index contributed by atoms with van der Waals surface area (Å²) in [6, 6.07) is -1.42. The van der Waals surface area contributed by atoms with Gasteiger partial charge in [0.2, 0.25) is 0 Å². The summed E-state index contributed by atoms with van der Waals surface area (Å²) < 4.78 is 39.8. The van der Waals surface area contributed by atoms with E-state index >= 15 is 8.78 Å². The standard InChI is InChI=1S/C23H38F2N6O2S/c1-16(2)29-12-14-30(15-13-29)17-6-5-7-23(24,25)18(17)26-20(32)31-10-8-22(3,9-11-31)19-27-21(33-4)34-28-19/h16-18H,5-15H2,1-4H3,(H,26,32). The van der Waals surface area contributed by atoms with E-state index in [-0.39, 0.29) is 23.9 Å².